The third kappa shape index (κ3) is 8.83. The van der Waals surface area contributed by atoms with E-state index in [1.54, 1.807) is 7.05 Å². The molecular weight excluding hydrogens is 372 g/mol. The Morgan fingerprint density at radius 2 is 1.97 bits per heavy atom. The van der Waals surface area contributed by atoms with Crippen LogP contribution in [0.1, 0.15) is 96.2 Å². The zero-order chi connectivity index (χ0) is 21.3. The number of carbonyl (C=O) groups excluding carboxylic acids is 2. The van der Waals surface area contributed by atoms with Crippen LogP contribution in [0.3, 0.4) is 0 Å². The Hall–Kier alpha value is -2.12. The zero-order valence-electron chi connectivity index (χ0n) is 18.3. The first-order chi connectivity index (χ1) is 13.8. The van der Waals surface area contributed by atoms with Crippen LogP contribution in [-0.2, 0) is 16.1 Å². The van der Waals surface area contributed by atoms with Crippen molar-refractivity contribution in [1.29, 1.82) is 0 Å². The molecule has 1 heterocycles. The summed E-state index contributed by atoms with van der Waals surface area (Å²) in [5.41, 5.74) is -0.527. The number of hydrogen-bond donors (Lipinski definition) is 2. The minimum absolute atomic E-state index is 0.171. The molecule has 29 heavy (non-hydrogen) atoms. The molecular formula is C21H36N4O4. The minimum atomic E-state index is -0.527. The molecule has 0 saturated heterocycles. The Morgan fingerprint density at radius 3 is 2.62 bits per heavy atom. The van der Waals surface area contributed by atoms with Gasteiger partial charge >= 0.3 is 12.0 Å². The maximum atomic E-state index is 12.4. The van der Waals surface area contributed by atoms with Gasteiger partial charge in [-0.3, -0.25) is 4.79 Å². The van der Waals surface area contributed by atoms with Crippen molar-refractivity contribution < 1.29 is 18.8 Å². The molecule has 1 aromatic heterocycles. The summed E-state index contributed by atoms with van der Waals surface area (Å²) in [5, 5.41) is 9.05. The SMILES string of the molecule is CNC(=O)NCc1noc([C@H](CCCC2CCCCC2)CC(=O)OC(C)(C)C)n1. The van der Waals surface area contributed by atoms with Gasteiger partial charge < -0.3 is 19.9 Å². The van der Waals surface area contributed by atoms with Crippen LogP contribution in [0.4, 0.5) is 4.79 Å². The lowest BCUT2D eigenvalue weighted by atomic mass is 9.84. The van der Waals surface area contributed by atoms with Gasteiger partial charge in [-0.05, 0) is 33.1 Å². The summed E-state index contributed by atoms with van der Waals surface area (Å²) < 4.78 is 10.9. The predicted molar refractivity (Wildman–Crippen MR) is 109 cm³/mol. The van der Waals surface area contributed by atoms with E-state index in [4.69, 9.17) is 9.26 Å². The van der Waals surface area contributed by atoms with E-state index in [9.17, 15) is 9.59 Å². The van der Waals surface area contributed by atoms with Crippen LogP contribution in [0.2, 0.25) is 0 Å². The molecule has 1 aromatic rings. The largest absolute Gasteiger partial charge is 0.460 e. The Bertz CT molecular complexity index is 647. The first-order valence-corrected chi connectivity index (χ1v) is 10.8. The van der Waals surface area contributed by atoms with Gasteiger partial charge in [-0.15, -0.1) is 0 Å². The first-order valence-electron chi connectivity index (χ1n) is 10.8. The molecule has 0 radical (unpaired) electrons. The van der Waals surface area contributed by atoms with Crippen LogP contribution in [0.5, 0.6) is 0 Å². The van der Waals surface area contributed by atoms with Crippen LogP contribution >= 0.6 is 0 Å². The third-order valence-electron chi connectivity index (χ3n) is 5.19. The number of hydrogen-bond acceptors (Lipinski definition) is 6. The predicted octanol–water partition coefficient (Wildman–Crippen LogP) is 4.06. The van der Waals surface area contributed by atoms with E-state index in [1.807, 2.05) is 20.8 Å². The van der Waals surface area contributed by atoms with Gasteiger partial charge in [0.05, 0.1) is 13.0 Å². The topological polar surface area (TPSA) is 106 Å². The molecule has 0 aliphatic heterocycles. The van der Waals surface area contributed by atoms with E-state index >= 15 is 0 Å². The van der Waals surface area contributed by atoms with Crippen molar-refractivity contribution in [3.05, 3.63) is 11.7 Å². The summed E-state index contributed by atoms with van der Waals surface area (Å²) in [6.45, 7) is 5.75. The van der Waals surface area contributed by atoms with Gasteiger partial charge in [0.25, 0.3) is 0 Å². The van der Waals surface area contributed by atoms with Gasteiger partial charge in [-0.1, -0.05) is 50.1 Å². The van der Waals surface area contributed by atoms with E-state index in [0.29, 0.717) is 11.7 Å². The van der Waals surface area contributed by atoms with Crippen molar-refractivity contribution in [2.75, 3.05) is 7.05 Å². The minimum Gasteiger partial charge on any atom is -0.460 e. The second kappa shape index (κ2) is 11.2. The first kappa shape index (κ1) is 23.2. The molecule has 0 unspecified atom stereocenters. The summed E-state index contributed by atoms with van der Waals surface area (Å²) in [6.07, 6.45) is 9.85. The smallest absolute Gasteiger partial charge is 0.314 e. The fourth-order valence-corrected chi connectivity index (χ4v) is 3.78. The number of ether oxygens (including phenoxy) is 1. The standard InChI is InChI=1S/C21H36N4O4/c1-21(2,3)28-18(26)13-16(12-8-11-15-9-6-5-7-10-15)19-24-17(25-29-19)14-23-20(27)22-4/h15-16H,5-14H2,1-4H3,(H2,22,23,27)/t16-/m1/s1. The van der Waals surface area contributed by atoms with Crippen molar-refractivity contribution in [3.63, 3.8) is 0 Å². The Morgan fingerprint density at radius 1 is 1.24 bits per heavy atom. The number of rotatable bonds is 9. The molecule has 8 nitrogen and oxygen atoms in total. The highest BCUT2D eigenvalue weighted by Gasteiger charge is 2.26. The van der Waals surface area contributed by atoms with Crippen molar-refractivity contribution >= 4 is 12.0 Å². The molecule has 2 amide bonds. The van der Waals surface area contributed by atoms with Gasteiger partial charge in [-0.2, -0.15) is 4.98 Å². The summed E-state index contributed by atoms with van der Waals surface area (Å²) in [4.78, 5) is 28.1. The number of carbonyl (C=O) groups is 2. The van der Waals surface area contributed by atoms with E-state index in [0.717, 1.165) is 18.8 Å². The molecule has 1 aliphatic rings. The fourth-order valence-electron chi connectivity index (χ4n) is 3.78. The lowest BCUT2D eigenvalue weighted by molar-refractivity contribution is -0.155. The molecule has 8 heteroatoms. The monoisotopic (exact) mass is 408 g/mol. The number of nitrogens with zero attached hydrogens (tertiary/aromatic N) is 2. The normalized spacial score (nSPS) is 16.3. The summed E-state index contributed by atoms with van der Waals surface area (Å²) in [5.74, 6) is 1.19. The van der Waals surface area contributed by atoms with E-state index < -0.39 is 5.60 Å². The van der Waals surface area contributed by atoms with Crippen molar-refractivity contribution in [2.45, 2.75) is 96.6 Å². The van der Waals surface area contributed by atoms with Crippen molar-refractivity contribution in [1.82, 2.24) is 20.8 Å². The molecule has 2 rings (SSSR count). The lowest BCUT2D eigenvalue weighted by Gasteiger charge is -2.23. The van der Waals surface area contributed by atoms with Crippen molar-refractivity contribution in [3.8, 4) is 0 Å². The number of esters is 1. The molecule has 1 atom stereocenters. The van der Waals surface area contributed by atoms with Crippen LogP contribution < -0.4 is 10.6 Å². The van der Waals surface area contributed by atoms with E-state index in [2.05, 4.69) is 20.8 Å². The van der Waals surface area contributed by atoms with Crippen molar-refractivity contribution in [2.24, 2.45) is 5.92 Å². The molecule has 1 aliphatic carbocycles. The van der Waals surface area contributed by atoms with Gasteiger partial charge in [0.15, 0.2) is 5.82 Å². The number of amides is 2. The Balaban J connectivity index is 1.96. The van der Waals surface area contributed by atoms with Crippen LogP contribution in [0, 0.1) is 5.92 Å². The van der Waals surface area contributed by atoms with Gasteiger partial charge in [0.1, 0.15) is 5.60 Å². The highest BCUT2D eigenvalue weighted by Crippen LogP contribution is 2.31. The number of urea groups is 1. The molecule has 1 saturated carbocycles. The average molecular weight is 409 g/mol. The molecule has 0 bridgehead atoms. The highest BCUT2D eigenvalue weighted by molar-refractivity contribution is 5.73. The summed E-state index contributed by atoms with van der Waals surface area (Å²) >= 11 is 0. The quantitative estimate of drug-likeness (QED) is 0.597. The van der Waals surface area contributed by atoms with E-state index in [-0.39, 0.29) is 30.9 Å². The zero-order valence-corrected chi connectivity index (χ0v) is 18.3. The second-order valence-corrected chi connectivity index (χ2v) is 8.90. The third-order valence-corrected chi connectivity index (χ3v) is 5.19. The summed E-state index contributed by atoms with van der Waals surface area (Å²) in [7, 11) is 1.54. The maximum Gasteiger partial charge on any atom is 0.314 e. The van der Waals surface area contributed by atoms with Gasteiger partial charge in [0, 0.05) is 13.0 Å². The van der Waals surface area contributed by atoms with Gasteiger partial charge in [-0.25, -0.2) is 4.79 Å². The van der Waals surface area contributed by atoms with Crippen LogP contribution in [-0.4, -0.2) is 34.8 Å². The Kier molecular flexibility index (Phi) is 8.92. The lowest BCUT2D eigenvalue weighted by Crippen LogP contribution is -2.32. The second-order valence-electron chi connectivity index (χ2n) is 8.90. The van der Waals surface area contributed by atoms with Crippen LogP contribution in [0.15, 0.2) is 4.52 Å². The average Bonchev–Trinajstić information content (AvgIpc) is 3.13. The number of aromatic nitrogens is 2. The molecule has 1 fully saturated rings. The maximum absolute atomic E-state index is 12.4. The number of nitrogens with one attached hydrogen (secondary N) is 2. The van der Waals surface area contributed by atoms with E-state index in [1.165, 1.54) is 38.5 Å². The molecule has 0 aromatic carbocycles. The summed E-state index contributed by atoms with van der Waals surface area (Å²) in [6, 6.07) is -0.311. The molecule has 2 N–H and O–H groups in total. The fraction of sp³-hybridized carbons (Fsp3) is 0.810. The molecule has 164 valence electrons. The van der Waals surface area contributed by atoms with Gasteiger partial charge in [0.2, 0.25) is 5.89 Å². The Labute approximate surface area is 173 Å². The molecule has 0 spiro atoms. The van der Waals surface area contributed by atoms with Crippen LogP contribution in [0.25, 0.3) is 0 Å². The highest BCUT2D eigenvalue weighted by atomic mass is 16.6.